The fourth-order valence-corrected chi connectivity index (χ4v) is 1.66. The summed E-state index contributed by atoms with van der Waals surface area (Å²) in [6, 6.07) is 0. The van der Waals surface area contributed by atoms with Crippen molar-refractivity contribution in [2.75, 3.05) is 0 Å². The van der Waals surface area contributed by atoms with E-state index >= 15 is 0 Å². The first-order chi connectivity index (χ1) is 11.4. The molecule has 0 heterocycles. The van der Waals surface area contributed by atoms with E-state index < -0.39 is 0 Å². The van der Waals surface area contributed by atoms with Crippen LogP contribution in [0, 0.1) is 0 Å². The minimum absolute atomic E-state index is 0.102. The molecule has 0 radical (unpaired) electrons. The molecule has 0 N–H and O–H groups in total. The van der Waals surface area contributed by atoms with E-state index in [9.17, 15) is 4.79 Å². The number of allylic oxidation sites excluding steroid dienone is 16. The molecule has 24 heavy (non-hydrogen) atoms. The van der Waals surface area contributed by atoms with Crippen LogP contribution in [-0.2, 0) is 4.79 Å². The molecule has 0 rings (SSSR count). The summed E-state index contributed by atoms with van der Waals surface area (Å²) in [6.45, 7) is 11.6. The third kappa shape index (κ3) is 12.2. The molecule has 0 unspecified atom stereocenters. The Morgan fingerprint density at radius 2 is 1.00 bits per heavy atom. The lowest BCUT2D eigenvalue weighted by molar-refractivity contribution is -0.113. The lowest BCUT2D eigenvalue weighted by atomic mass is 10.2. The third-order valence-electron chi connectivity index (χ3n) is 3.24. The number of Topliss-reactive ketones (excluding diaryl/α,β-unsaturated/α-hetero) is 1. The van der Waals surface area contributed by atoms with Crippen LogP contribution in [0.3, 0.4) is 0 Å². The zero-order chi connectivity index (χ0) is 18.4. The fourth-order valence-electron chi connectivity index (χ4n) is 1.66. The van der Waals surface area contributed by atoms with Crippen LogP contribution < -0.4 is 0 Å². The van der Waals surface area contributed by atoms with Crippen molar-refractivity contribution in [3.63, 3.8) is 0 Å². The molecule has 1 heteroatoms. The lowest BCUT2D eigenvalue weighted by Crippen LogP contribution is -1.89. The van der Waals surface area contributed by atoms with E-state index in [1.54, 1.807) is 6.92 Å². The second-order valence-electron chi connectivity index (χ2n) is 5.74. The summed E-state index contributed by atoms with van der Waals surface area (Å²) in [5.74, 6) is 0.102. The zero-order valence-electron chi connectivity index (χ0n) is 15.8. The van der Waals surface area contributed by atoms with Crippen molar-refractivity contribution in [3.8, 4) is 0 Å². The molecule has 0 saturated heterocycles. The Kier molecular flexibility index (Phi) is 11.8. The first-order valence-corrected chi connectivity index (χ1v) is 8.22. The number of hydrogen-bond donors (Lipinski definition) is 0. The molecular weight excluding hydrogens is 292 g/mol. The standard InChI is InChI=1S/C23H30O/c1-7-12-19(2)15-10-16-20(3)13-8-9-14-21(4)17-11-18-22(5)23(6)24/h7-18H,1-6H3/b9-8+,12-7+,16-10-,17-11+,19-15+,20-13+,21-14+,22-18+. The second kappa shape index (κ2) is 13.1. The molecule has 0 aromatic heterocycles. The molecule has 0 aliphatic rings. The maximum atomic E-state index is 11.1. The summed E-state index contributed by atoms with van der Waals surface area (Å²) in [5, 5.41) is 0. The van der Waals surface area contributed by atoms with E-state index in [0.717, 1.165) is 11.1 Å². The van der Waals surface area contributed by atoms with Gasteiger partial charge >= 0.3 is 0 Å². The maximum absolute atomic E-state index is 11.1. The molecule has 0 amide bonds. The predicted molar refractivity (Wildman–Crippen MR) is 108 cm³/mol. The van der Waals surface area contributed by atoms with Crippen LogP contribution in [0.2, 0.25) is 0 Å². The summed E-state index contributed by atoms with van der Waals surface area (Å²) in [4.78, 5) is 11.1. The van der Waals surface area contributed by atoms with Gasteiger partial charge in [-0.15, -0.1) is 0 Å². The van der Waals surface area contributed by atoms with Crippen LogP contribution in [0.4, 0.5) is 0 Å². The van der Waals surface area contributed by atoms with E-state index in [1.807, 2.05) is 63.3 Å². The average molecular weight is 322 g/mol. The van der Waals surface area contributed by atoms with Crippen LogP contribution in [0.5, 0.6) is 0 Å². The molecule has 1 nitrogen and oxygen atoms in total. The molecule has 0 fully saturated rings. The SMILES string of the molecule is C/C=C/C(C)=C/C=C\C(C)=C\C=C\C=C(C)\C=C\C=C(/C)C(C)=O. The van der Waals surface area contributed by atoms with Crippen molar-refractivity contribution in [2.45, 2.75) is 41.5 Å². The highest BCUT2D eigenvalue weighted by Gasteiger charge is 1.91. The highest BCUT2D eigenvalue weighted by atomic mass is 16.1. The maximum Gasteiger partial charge on any atom is 0.155 e. The second-order valence-corrected chi connectivity index (χ2v) is 5.74. The summed E-state index contributed by atoms with van der Waals surface area (Å²) < 4.78 is 0. The highest BCUT2D eigenvalue weighted by molar-refractivity contribution is 5.92. The van der Waals surface area contributed by atoms with Crippen molar-refractivity contribution < 1.29 is 4.79 Å². The summed E-state index contributed by atoms with van der Waals surface area (Å²) in [6.07, 6.45) is 24.2. The minimum atomic E-state index is 0.102. The van der Waals surface area contributed by atoms with Crippen LogP contribution in [-0.4, -0.2) is 5.78 Å². The van der Waals surface area contributed by atoms with Gasteiger partial charge in [0.2, 0.25) is 0 Å². The zero-order valence-corrected chi connectivity index (χ0v) is 15.8. The summed E-state index contributed by atoms with van der Waals surface area (Å²) >= 11 is 0. The van der Waals surface area contributed by atoms with Gasteiger partial charge < -0.3 is 0 Å². The molecule has 0 saturated carbocycles. The van der Waals surface area contributed by atoms with Gasteiger partial charge in [-0.2, -0.15) is 0 Å². The van der Waals surface area contributed by atoms with Crippen molar-refractivity contribution in [1.82, 2.24) is 0 Å². The molecule has 0 aliphatic heterocycles. The molecule has 128 valence electrons. The third-order valence-corrected chi connectivity index (χ3v) is 3.24. The first-order valence-electron chi connectivity index (χ1n) is 8.22. The van der Waals surface area contributed by atoms with Gasteiger partial charge in [-0.25, -0.2) is 0 Å². The van der Waals surface area contributed by atoms with Gasteiger partial charge in [0, 0.05) is 0 Å². The van der Waals surface area contributed by atoms with Crippen molar-refractivity contribution in [2.24, 2.45) is 0 Å². The Balaban J connectivity index is 4.60. The minimum Gasteiger partial charge on any atom is -0.295 e. The highest BCUT2D eigenvalue weighted by Crippen LogP contribution is 2.02. The van der Waals surface area contributed by atoms with Gasteiger partial charge in [-0.3, -0.25) is 4.79 Å². The number of carbonyl (C=O) groups is 1. The Bertz CT molecular complexity index is 642. The molecular formula is C23H30O. The van der Waals surface area contributed by atoms with Crippen LogP contribution in [0.1, 0.15) is 41.5 Å². The Hall–Kier alpha value is -2.41. The van der Waals surface area contributed by atoms with E-state index in [4.69, 9.17) is 0 Å². The van der Waals surface area contributed by atoms with Crippen LogP contribution in [0.15, 0.2) is 95.2 Å². The van der Waals surface area contributed by atoms with Gasteiger partial charge in [0.1, 0.15) is 0 Å². The van der Waals surface area contributed by atoms with Gasteiger partial charge in [0.15, 0.2) is 5.78 Å². The fraction of sp³-hybridized carbons (Fsp3) is 0.261. The normalized spacial score (nSPS) is 15.6. The van der Waals surface area contributed by atoms with Crippen molar-refractivity contribution in [1.29, 1.82) is 0 Å². The van der Waals surface area contributed by atoms with Crippen molar-refractivity contribution >= 4 is 5.78 Å². The number of carbonyl (C=O) groups excluding carboxylic acids is 1. The van der Waals surface area contributed by atoms with Gasteiger partial charge in [-0.1, -0.05) is 89.6 Å². The Labute approximate surface area is 147 Å². The van der Waals surface area contributed by atoms with E-state index in [2.05, 4.69) is 44.2 Å². The number of ketones is 1. The number of rotatable bonds is 8. The number of hydrogen-bond acceptors (Lipinski definition) is 1. The monoisotopic (exact) mass is 322 g/mol. The summed E-state index contributed by atoms with van der Waals surface area (Å²) in [7, 11) is 0. The first kappa shape index (κ1) is 21.6. The summed E-state index contributed by atoms with van der Waals surface area (Å²) in [5.41, 5.74) is 4.32. The quantitative estimate of drug-likeness (QED) is 0.363. The molecule has 0 aromatic rings. The van der Waals surface area contributed by atoms with E-state index in [1.165, 1.54) is 11.1 Å². The molecule has 0 spiro atoms. The van der Waals surface area contributed by atoms with E-state index in [0.29, 0.717) is 0 Å². The predicted octanol–water partition coefficient (Wildman–Crippen LogP) is 6.61. The average Bonchev–Trinajstić information content (AvgIpc) is 2.51. The molecule has 0 aliphatic carbocycles. The van der Waals surface area contributed by atoms with Crippen LogP contribution in [0.25, 0.3) is 0 Å². The smallest absolute Gasteiger partial charge is 0.155 e. The largest absolute Gasteiger partial charge is 0.295 e. The van der Waals surface area contributed by atoms with E-state index in [-0.39, 0.29) is 5.78 Å². The topological polar surface area (TPSA) is 17.1 Å². The van der Waals surface area contributed by atoms with Gasteiger partial charge in [-0.05, 0) is 47.1 Å². The molecule has 0 bridgehead atoms. The van der Waals surface area contributed by atoms with Crippen LogP contribution >= 0.6 is 0 Å². The van der Waals surface area contributed by atoms with Crippen molar-refractivity contribution in [3.05, 3.63) is 95.2 Å². The Morgan fingerprint density at radius 3 is 1.46 bits per heavy atom. The van der Waals surface area contributed by atoms with Gasteiger partial charge in [0.25, 0.3) is 0 Å². The molecule has 0 aromatic carbocycles. The lowest BCUT2D eigenvalue weighted by Gasteiger charge is -1.91. The van der Waals surface area contributed by atoms with Gasteiger partial charge in [0.05, 0.1) is 0 Å². The molecule has 0 atom stereocenters. The Morgan fingerprint density at radius 1 is 0.583 bits per heavy atom.